The van der Waals surface area contributed by atoms with Gasteiger partial charge in [-0.05, 0) is 43.7 Å². The number of hydrogen-bond acceptors (Lipinski definition) is 3. The van der Waals surface area contributed by atoms with Crippen molar-refractivity contribution in [2.45, 2.75) is 65.5 Å². The Morgan fingerprint density at radius 3 is 2.57 bits per heavy atom. The van der Waals surface area contributed by atoms with Crippen molar-refractivity contribution < 1.29 is 22.7 Å². The molecule has 0 spiro atoms. The van der Waals surface area contributed by atoms with Gasteiger partial charge in [-0.15, -0.1) is 0 Å². The van der Waals surface area contributed by atoms with Crippen molar-refractivity contribution in [1.82, 2.24) is 10.3 Å². The third-order valence-corrected chi connectivity index (χ3v) is 4.20. The van der Waals surface area contributed by atoms with E-state index < -0.39 is 11.9 Å². The smallest absolute Gasteiger partial charge is 0.433 e. The lowest BCUT2D eigenvalue weighted by atomic mass is 10.1. The molecule has 1 aromatic rings. The van der Waals surface area contributed by atoms with Crippen LogP contribution in [-0.4, -0.2) is 24.0 Å². The summed E-state index contributed by atoms with van der Waals surface area (Å²) in [5.74, 6) is 0.381. The van der Waals surface area contributed by atoms with Gasteiger partial charge in [-0.2, -0.15) is 13.2 Å². The molecule has 0 atom stereocenters. The first kappa shape index (κ1) is 25.7. The quantitative estimate of drug-likeness (QED) is 0.236. The van der Waals surface area contributed by atoms with Gasteiger partial charge in [-0.3, -0.25) is 4.79 Å². The summed E-state index contributed by atoms with van der Waals surface area (Å²) < 4.78 is 43.1. The van der Waals surface area contributed by atoms with Crippen molar-refractivity contribution >= 4 is 5.91 Å². The molecular formula is C23H33F3N2O2. The maximum absolute atomic E-state index is 12.6. The van der Waals surface area contributed by atoms with Crippen LogP contribution in [0.5, 0.6) is 5.88 Å². The molecule has 1 rings (SSSR count). The highest BCUT2D eigenvalue weighted by molar-refractivity contribution is 5.88. The van der Waals surface area contributed by atoms with Gasteiger partial charge in [0.2, 0.25) is 11.8 Å². The Kier molecular flexibility index (Phi) is 11.9. The van der Waals surface area contributed by atoms with E-state index >= 15 is 0 Å². The Hall–Kier alpha value is -2.31. The zero-order chi connectivity index (χ0) is 22.4. The van der Waals surface area contributed by atoms with Crippen LogP contribution in [0.25, 0.3) is 0 Å². The fraction of sp³-hybridized carbons (Fsp3) is 0.565. The summed E-state index contributed by atoms with van der Waals surface area (Å²) in [6, 6.07) is 3.67. The number of carbonyl (C=O) groups excluding carboxylic acids is 1. The fourth-order valence-corrected chi connectivity index (χ4v) is 2.60. The first-order valence-corrected chi connectivity index (χ1v) is 10.5. The Labute approximate surface area is 177 Å². The first-order chi connectivity index (χ1) is 14.2. The van der Waals surface area contributed by atoms with Crippen molar-refractivity contribution in [1.29, 1.82) is 0 Å². The predicted molar refractivity (Wildman–Crippen MR) is 113 cm³/mol. The fourth-order valence-electron chi connectivity index (χ4n) is 2.60. The van der Waals surface area contributed by atoms with Crippen LogP contribution in [0.4, 0.5) is 13.2 Å². The summed E-state index contributed by atoms with van der Waals surface area (Å²) in [7, 11) is 0. The molecule has 0 aliphatic heterocycles. The SMILES string of the molecule is CC(/C=C/CCCCCCCOc1cccc(C(F)(F)F)n1)=C\C(=O)NCC(C)C. The summed E-state index contributed by atoms with van der Waals surface area (Å²) in [6.45, 7) is 7.05. The van der Waals surface area contributed by atoms with Gasteiger partial charge in [-0.1, -0.05) is 51.3 Å². The van der Waals surface area contributed by atoms with E-state index in [1.165, 1.54) is 12.1 Å². The Morgan fingerprint density at radius 2 is 1.87 bits per heavy atom. The first-order valence-electron chi connectivity index (χ1n) is 10.5. The number of halogens is 3. The average molecular weight is 427 g/mol. The van der Waals surface area contributed by atoms with E-state index in [1.807, 2.05) is 13.0 Å². The molecule has 0 fully saturated rings. The molecule has 0 aliphatic rings. The zero-order valence-corrected chi connectivity index (χ0v) is 18.1. The number of aromatic nitrogens is 1. The molecule has 0 bridgehead atoms. The van der Waals surface area contributed by atoms with Crippen molar-refractivity contribution in [3.63, 3.8) is 0 Å². The minimum atomic E-state index is -4.46. The van der Waals surface area contributed by atoms with Gasteiger partial charge in [0.15, 0.2) is 0 Å². The van der Waals surface area contributed by atoms with Crippen LogP contribution < -0.4 is 10.1 Å². The van der Waals surface area contributed by atoms with Crippen molar-refractivity contribution in [2.75, 3.05) is 13.2 Å². The summed E-state index contributed by atoms with van der Waals surface area (Å²) >= 11 is 0. The number of unbranched alkanes of at least 4 members (excludes halogenated alkanes) is 5. The number of alkyl halides is 3. The van der Waals surface area contributed by atoms with Gasteiger partial charge in [-0.25, -0.2) is 4.98 Å². The zero-order valence-electron chi connectivity index (χ0n) is 18.1. The second-order valence-electron chi connectivity index (χ2n) is 7.69. The average Bonchev–Trinajstić information content (AvgIpc) is 2.67. The molecule has 4 nitrogen and oxygen atoms in total. The Balaban J connectivity index is 2.09. The number of pyridine rings is 1. The second kappa shape index (κ2) is 13.8. The number of nitrogens with zero attached hydrogens (tertiary/aromatic N) is 1. The molecule has 30 heavy (non-hydrogen) atoms. The van der Waals surface area contributed by atoms with E-state index in [1.54, 1.807) is 6.08 Å². The highest BCUT2D eigenvalue weighted by Crippen LogP contribution is 2.28. The highest BCUT2D eigenvalue weighted by Gasteiger charge is 2.32. The summed E-state index contributed by atoms with van der Waals surface area (Å²) in [5.41, 5.74) is -0.00840. The molecule has 1 heterocycles. The van der Waals surface area contributed by atoms with Gasteiger partial charge in [0.1, 0.15) is 5.69 Å². The van der Waals surface area contributed by atoms with Crippen LogP contribution in [0, 0.1) is 5.92 Å². The van der Waals surface area contributed by atoms with E-state index in [-0.39, 0.29) is 11.8 Å². The Morgan fingerprint density at radius 1 is 1.17 bits per heavy atom. The third kappa shape index (κ3) is 12.3. The molecule has 1 N–H and O–H groups in total. The lowest BCUT2D eigenvalue weighted by Crippen LogP contribution is -2.25. The molecule has 168 valence electrons. The lowest BCUT2D eigenvalue weighted by Gasteiger charge is -2.09. The normalized spacial score (nSPS) is 12.6. The van der Waals surface area contributed by atoms with E-state index in [9.17, 15) is 18.0 Å². The Bertz CT molecular complexity index is 698. The van der Waals surface area contributed by atoms with Crippen molar-refractivity contribution in [2.24, 2.45) is 5.92 Å². The molecule has 1 aromatic heterocycles. The molecule has 0 saturated carbocycles. The molecule has 0 unspecified atom stereocenters. The van der Waals surface area contributed by atoms with Gasteiger partial charge >= 0.3 is 6.18 Å². The van der Waals surface area contributed by atoms with Crippen LogP contribution in [0.2, 0.25) is 0 Å². The highest BCUT2D eigenvalue weighted by atomic mass is 19.4. The van der Waals surface area contributed by atoms with Crippen LogP contribution in [-0.2, 0) is 11.0 Å². The van der Waals surface area contributed by atoms with Gasteiger partial charge in [0, 0.05) is 18.7 Å². The van der Waals surface area contributed by atoms with Gasteiger partial charge in [0.25, 0.3) is 0 Å². The van der Waals surface area contributed by atoms with Crippen molar-refractivity contribution in [3.05, 3.63) is 47.7 Å². The molecule has 0 aromatic carbocycles. The lowest BCUT2D eigenvalue weighted by molar-refractivity contribution is -0.141. The van der Waals surface area contributed by atoms with E-state index in [4.69, 9.17) is 4.74 Å². The number of amides is 1. The van der Waals surface area contributed by atoms with Gasteiger partial charge in [0.05, 0.1) is 6.61 Å². The topological polar surface area (TPSA) is 51.2 Å². The van der Waals surface area contributed by atoms with E-state index in [0.29, 0.717) is 19.1 Å². The number of hydrogen-bond donors (Lipinski definition) is 1. The molecule has 0 saturated heterocycles. The number of ether oxygens (including phenoxy) is 1. The summed E-state index contributed by atoms with van der Waals surface area (Å²) in [5, 5.41) is 2.85. The monoisotopic (exact) mass is 426 g/mol. The maximum atomic E-state index is 12.6. The van der Waals surface area contributed by atoms with E-state index in [2.05, 4.69) is 30.2 Å². The number of carbonyl (C=O) groups is 1. The molecule has 1 amide bonds. The number of allylic oxidation sites excluding steroid dienone is 3. The molecule has 7 heteroatoms. The maximum Gasteiger partial charge on any atom is 0.433 e. The van der Waals surface area contributed by atoms with E-state index in [0.717, 1.165) is 50.2 Å². The molecule has 0 aliphatic carbocycles. The van der Waals surface area contributed by atoms with Gasteiger partial charge < -0.3 is 10.1 Å². The van der Waals surface area contributed by atoms with Crippen LogP contribution in [0.1, 0.15) is 65.0 Å². The van der Waals surface area contributed by atoms with Crippen LogP contribution in [0.3, 0.4) is 0 Å². The molecule has 0 radical (unpaired) electrons. The van der Waals surface area contributed by atoms with Crippen molar-refractivity contribution in [3.8, 4) is 5.88 Å². The summed E-state index contributed by atoms with van der Waals surface area (Å²) in [4.78, 5) is 15.2. The third-order valence-electron chi connectivity index (χ3n) is 4.20. The summed E-state index contributed by atoms with van der Waals surface area (Å²) in [6.07, 6.45) is 7.04. The van der Waals surface area contributed by atoms with Crippen LogP contribution in [0.15, 0.2) is 42.0 Å². The largest absolute Gasteiger partial charge is 0.478 e. The predicted octanol–water partition coefficient (Wildman–Crippen LogP) is 6.09. The number of nitrogens with one attached hydrogen (secondary N) is 1. The number of rotatable bonds is 13. The second-order valence-corrected chi connectivity index (χ2v) is 7.69. The minimum Gasteiger partial charge on any atom is -0.478 e. The standard InChI is InChI=1S/C23H33F3N2O2/c1-18(2)17-27-21(29)16-19(3)12-9-7-5-4-6-8-10-15-30-22-14-11-13-20(28-22)23(24,25)26/h9,11-14,16,18H,4-8,10,15,17H2,1-3H3,(H,27,29)/b12-9+,19-16+. The minimum absolute atomic E-state index is 0.0104. The molecular weight excluding hydrogens is 393 g/mol. The van der Waals surface area contributed by atoms with Crippen LogP contribution >= 0.6 is 0 Å².